The molecule has 92 valence electrons. The largest absolute Gasteiger partial charge is 0.495 e. The van der Waals surface area contributed by atoms with Gasteiger partial charge in [0.2, 0.25) is 0 Å². The first-order valence-electron chi connectivity index (χ1n) is 5.72. The summed E-state index contributed by atoms with van der Waals surface area (Å²) in [6.45, 7) is 3.84. The number of nitrogens with one attached hydrogen (secondary N) is 1. The summed E-state index contributed by atoms with van der Waals surface area (Å²) < 4.78 is 5.12. The maximum atomic E-state index is 12.2. The molecule has 1 N–H and O–H groups in total. The number of halogens is 1. The first-order chi connectivity index (χ1) is 8.13. The highest BCUT2D eigenvalue weighted by Crippen LogP contribution is 2.28. The molecule has 1 heterocycles. The van der Waals surface area contributed by atoms with Gasteiger partial charge in [-0.25, -0.2) is 0 Å². The molecule has 1 aliphatic rings. The van der Waals surface area contributed by atoms with Crippen molar-refractivity contribution < 1.29 is 9.53 Å². The van der Waals surface area contributed by atoms with Gasteiger partial charge in [-0.1, -0.05) is 18.5 Å². The quantitative estimate of drug-likeness (QED) is 0.838. The predicted molar refractivity (Wildman–Crippen MR) is 67.9 cm³/mol. The number of hydrogen-bond acceptors (Lipinski definition) is 3. The minimum Gasteiger partial charge on any atom is -0.495 e. The summed E-state index contributed by atoms with van der Waals surface area (Å²) >= 11 is 5.94. The molecule has 2 rings (SSSR count). The van der Waals surface area contributed by atoms with E-state index in [1.165, 1.54) is 0 Å². The third-order valence-corrected chi connectivity index (χ3v) is 3.68. The summed E-state index contributed by atoms with van der Waals surface area (Å²) in [4.78, 5) is 12.2. The second kappa shape index (κ2) is 5.07. The van der Waals surface area contributed by atoms with Gasteiger partial charge in [-0.05, 0) is 37.2 Å². The predicted octanol–water partition coefficient (Wildman–Crippen LogP) is 2.39. The van der Waals surface area contributed by atoms with Gasteiger partial charge in [-0.2, -0.15) is 0 Å². The number of carbonyl (C=O) groups excluding carboxylic acids is 1. The Kier molecular flexibility index (Phi) is 3.69. The standard InChI is InChI=1S/C13H16ClNO2/c1-8(10-6-15-7-10)13(16)9-3-4-11(14)12(5-9)17-2/h3-5,8,10,15H,6-7H2,1-2H3. The Hall–Kier alpha value is -1.06. The highest BCUT2D eigenvalue weighted by Gasteiger charge is 2.29. The number of hydrogen-bond donors (Lipinski definition) is 1. The van der Waals surface area contributed by atoms with E-state index in [1.807, 2.05) is 6.92 Å². The van der Waals surface area contributed by atoms with Crippen LogP contribution in [0.3, 0.4) is 0 Å². The first kappa shape index (κ1) is 12.4. The van der Waals surface area contributed by atoms with E-state index in [9.17, 15) is 4.79 Å². The topological polar surface area (TPSA) is 38.3 Å². The van der Waals surface area contributed by atoms with E-state index in [-0.39, 0.29) is 11.7 Å². The second-order valence-corrected chi connectivity index (χ2v) is 4.83. The van der Waals surface area contributed by atoms with Crippen LogP contribution in [0, 0.1) is 11.8 Å². The molecule has 1 saturated heterocycles. The minimum atomic E-state index is 0.0436. The monoisotopic (exact) mass is 253 g/mol. The van der Waals surface area contributed by atoms with E-state index in [2.05, 4.69) is 5.32 Å². The smallest absolute Gasteiger partial charge is 0.166 e. The lowest BCUT2D eigenvalue weighted by Crippen LogP contribution is -2.47. The lowest BCUT2D eigenvalue weighted by atomic mass is 9.83. The van der Waals surface area contributed by atoms with E-state index < -0.39 is 0 Å². The van der Waals surface area contributed by atoms with Crippen LogP contribution in [0.4, 0.5) is 0 Å². The Morgan fingerprint density at radius 1 is 1.53 bits per heavy atom. The number of rotatable bonds is 4. The third kappa shape index (κ3) is 2.45. The zero-order chi connectivity index (χ0) is 12.4. The first-order valence-corrected chi connectivity index (χ1v) is 6.09. The summed E-state index contributed by atoms with van der Waals surface area (Å²) in [5.41, 5.74) is 0.672. The van der Waals surface area contributed by atoms with Crippen molar-refractivity contribution in [3.63, 3.8) is 0 Å². The van der Waals surface area contributed by atoms with Crippen LogP contribution in [0.1, 0.15) is 17.3 Å². The van der Waals surface area contributed by atoms with E-state index in [0.29, 0.717) is 22.3 Å². The molecule has 0 aromatic heterocycles. The summed E-state index contributed by atoms with van der Waals surface area (Å²) in [6.07, 6.45) is 0. The lowest BCUT2D eigenvalue weighted by molar-refractivity contribution is 0.0853. The summed E-state index contributed by atoms with van der Waals surface area (Å²) in [7, 11) is 1.55. The van der Waals surface area contributed by atoms with Crippen molar-refractivity contribution in [1.29, 1.82) is 0 Å². The summed E-state index contributed by atoms with van der Waals surface area (Å²) in [6, 6.07) is 5.18. The maximum Gasteiger partial charge on any atom is 0.166 e. The fourth-order valence-electron chi connectivity index (χ4n) is 1.95. The van der Waals surface area contributed by atoms with Gasteiger partial charge in [0.1, 0.15) is 5.75 Å². The summed E-state index contributed by atoms with van der Waals surface area (Å²) in [5, 5.41) is 3.71. The fourth-order valence-corrected chi connectivity index (χ4v) is 2.15. The van der Waals surface area contributed by atoms with Crippen LogP contribution >= 0.6 is 11.6 Å². The number of ketones is 1. The number of benzene rings is 1. The minimum absolute atomic E-state index is 0.0436. The summed E-state index contributed by atoms with van der Waals surface area (Å²) in [5.74, 6) is 1.20. The molecule has 0 saturated carbocycles. The van der Waals surface area contributed by atoms with Crippen LogP contribution in [0.25, 0.3) is 0 Å². The van der Waals surface area contributed by atoms with Gasteiger partial charge >= 0.3 is 0 Å². The molecule has 0 amide bonds. The van der Waals surface area contributed by atoms with Crippen LogP contribution in [0.15, 0.2) is 18.2 Å². The molecule has 4 heteroatoms. The average Bonchev–Trinajstić information content (AvgIpc) is 2.26. The van der Waals surface area contributed by atoms with Crippen molar-refractivity contribution >= 4 is 17.4 Å². The SMILES string of the molecule is COc1cc(C(=O)C(C)C2CNC2)ccc1Cl. The third-order valence-electron chi connectivity index (χ3n) is 3.37. The Morgan fingerprint density at radius 2 is 2.24 bits per heavy atom. The van der Waals surface area contributed by atoms with E-state index in [1.54, 1.807) is 25.3 Å². The van der Waals surface area contributed by atoms with Crippen LogP contribution in [0.2, 0.25) is 5.02 Å². The van der Waals surface area contributed by atoms with Crippen molar-refractivity contribution in [2.24, 2.45) is 11.8 Å². The van der Waals surface area contributed by atoms with Gasteiger partial charge in [0.15, 0.2) is 5.78 Å². The van der Waals surface area contributed by atoms with Gasteiger partial charge in [0.25, 0.3) is 0 Å². The molecule has 1 aromatic carbocycles. The Labute approximate surface area is 106 Å². The van der Waals surface area contributed by atoms with Gasteiger partial charge in [-0.3, -0.25) is 4.79 Å². The Morgan fingerprint density at radius 3 is 2.76 bits per heavy atom. The van der Waals surface area contributed by atoms with Crippen molar-refractivity contribution in [3.8, 4) is 5.75 Å². The average molecular weight is 254 g/mol. The highest BCUT2D eigenvalue weighted by molar-refractivity contribution is 6.32. The zero-order valence-corrected chi connectivity index (χ0v) is 10.8. The molecule has 0 radical (unpaired) electrons. The van der Waals surface area contributed by atoms with Gasteiger partial charge in [-0.15, -0.1) is 0 Å². The van der Waals surface area contributed by atoms with Crippen LogP contribution < -0.4 is 10.1 Å². The molecule has 3 nitrogen and oxygen atoms in total. The highest BCUT2D eigenvalue weighted by atomic mass is 35.5. The van der Waals surface area contributed by atoms with Crippen LogP contribution in [0.5, 0.6) is 5.75 Å². The molecule has 1 unspecified atom stereocenters. The van der Waals surface area contributed by atoms with Crippen LogP contribution in [-0.2, 0) is 0 Å². The molecule has 17 heavy (non-hydrogen) atoms. The zero-order valence-electron chi connectivity index (χ0n) is 10.00. The molecule has 0 aliphatic carbocycles. The molecule has 0 bridgehead atoms. The Bertz CT molecular complexity index is 429. The normalized spacial score (nSPS) is 17.4. The molecule has 1 fully saturated rings. The lowest BCUT2D eigenvalue weighted by Gasteiger charge is -2.31. The van der Waals surface area contributed by atoms with E-state index in [0.717, 1.165) is 13.1 Å². The second-order valence-electron chi connectivity index (χ2n) is 4.42. The number of carbonyl (C=O) groups is 1. The number of Topliss-reactive ketones (excluding diaryl/α,β-unsaturated/α-hetero) is 1. The fraction of sp³-hybridized carbons (Fsp3) is 0.462. The Balaban J connectivity index is 2.18. The molecular weight excluding hydrogens is 238 g/mol. The van der Waals surface area contributed by atoms with E-state index >= 15 is 0 Å². The number of methoxy groups -OCH3 is 1. The maximum absolute atomic E-state index is 12.2. The molecule has 1 aliphatic heterocycles. The van der Waals surface area contributed by atoms with Gasteiger partial charge in [0.05, 0.1) is 12.1 Å². The van der Waals surface area contributed by atoms with E-state index in [4.69, 9.17) is 16.3 Å². The van der Waals surface area contributed by atoms with Crippen molar-refractivity contribution in [2.75, 3.05) is 20.2 Å². The van der Waals surface area contributed by atoms with Crippen LogP contribution in [-0.4, -0.2) is 26.0 Å². The molecule has 0 spiro atoms. The molecule has 1 atom stereocenters. The van der Waals surface area contributed by atoms with Gasteiger partial charge in [0, 0.05) is 11.5 Å². The number of ether oxygens (including phenoxy) is 1. The van der Waals surface area contributed by atoms with Crippen molar-refractivity contribution in [1.82, 2.24) is 5.32 Å². The van der Waals surface area contributed by atoms with Crippen molar-refractivity contribution in [3.05, 3.63) is 28.8 Å². The molecular formula is C13H16ClNO2. The van der Waals surface area contributed by atoms with Gasteiger partial charge < -0.3 is 10.1 Å². The van der Waals surface area contributed by atoms with Crippen molar-refractivity contribution in [2.45, 2.75) is 6.92 Å². The molecule has 1 aromatic rings.